The molecular formula is C113H126N18O11S2. The predicted octanol–water partition coefficient (Wildman–Crippen LogP) is 20.3. The van der Waals surface area contributed by atoms with Gasteiger partial charge in [0.05, 0.1) is 93.5 Å². The molecule has 15 N–H and O–H groups in total. The van der Waals surface area contributed by atoms with Crippen LogP contribution in [0.2, 0.25) is 0 Å². The van der Waals surface area contributed by atoms with Gasteiger partial charge in [-0.1, -0.05) is 188 Å². The Hall–Kier alpha value is -15.6. The van der Waals surface area contributed by atoms with E-state index in [4.69, 9.17) is 15.4 Å². The zero-order chi connectivity index (χ0) is 102. The van der Waals surface area contributed by atoms with Gasteiger partial charge in [-0.05, 0) is 178 Å². The van der Waals surface area contributed by atoms with Crippen LogP contribution in [0.3, 0.4) is 0 Å². The van der Waals surface area contributed by atoms with E-state index in [9.17, 15) is 45.6 Å². The molecule has 746 valence electrons. The number of para-hydroxylation sites is 6. The molecule has 6 atom stereocenters. The van der Waals surface area contributed by atoms with Crippen LogP contribution in [-0.2, 0) is 66.3 Å². The van der Waals surface area contributed by atoms with E-state index >= 15 is 0 Å². The number of sulfonamides is 1. The molecule has 31 heteroatoms. The van der Waals surface area contributed by atoms with Gasteiger partial charge in [-0.25, -0.2) is 21.6 Å². The Balaban J connectivity index is 0.000000137. The Morgan fingerprint density at radius 1 is 0.424 bits per heavy atom. The third-order valence-corrected chi connectivity index (χ3v) is 26.5. The maximum atomic E-state index is 12.0. The summed E-state index contributed by atoms with van der Waals surface area (Å²) >= 11 is 0. The van der Waals surface area contributed by atoms with Crippen molar-refractivity contribution < 1.29 is 50.3 Å². The lowest BCUT2D eigenvalue weighted by Gasteiger charge is -2.29. The van der Waals surface area contributed by atoms with E-state index < -0.39 is 19.9 Å². The van der Waals surface area contributed by atoms with Crippen LogP contribution in [0.5, 0.6) is 0 Å². The Morgan fingerprint density at radius 3 is 1.20 bits per heavy atom. The van der Waals surface area contributed by atoms with E-state index in [1.54, 1.807) is 7.05 Å². The highest BCUT2D eigenvalue weighted by atomic mass is 32.2. The number of anilines is 15. The number of aryl methyl sites for hydroxylation is 1. The first-order valence-electron chi connectivity index (χ1n) is 48.3. The largest absolute Gasteiger partial charge is 0.388 e. The lowest BCUT2D eigenvalue weighted by molar-refractivity contribution is -0.117. The fourth-order valence-electron chi connectivity index (χ4n) is 18.0. The molecule has 29 nitrogen and oxygen atoms in total. The molecule has 0 unspecified atom stereocenters. The number of carbonyl (C=O) groups is 6. The number of hydrogen-bond acceptors (Lipinski definition) is 22. The number of fused-ring (bicyclic) bond motifs is 6. The SMILES string of the molecule is C/C(=C\c1ccccc1)c1cccc2c1N[C@H](C)CC(=O)N2.CNc1ccc(-c2cccc3c2N[C@H](C)CC(=O)N3)cc1C(=N)C#N.C[C@@H]1CC(=O)Nc2cccc(-c3ccc(CNS(C)(=O)=O)cc3)c2N1.C[C@@H]1CC(=O)Nc2cccc(-c3cccc(CCS(C)(=O)=O)c3)c2N1.C[C@@H]1CC(=O)Nc2cccc(-c3cccc(N(C)C)c3)c2N1.C[C@@H]1CC(=O)Nc2cccc(-c3cccc(N4CCOCC4)c3)c2N1. The fourth-order valence-corrected chi connectivity index (χ4v) is 19.0. The van der Waals surface area contributed by atoms with Crippen molar-refractivity contribution in [3.8, 4) is 61.7 Å². The number of hydrogen-bond donors (Lipinski definition) is 15. The van der Waals surface area contributed by atoms with E-state index in [0.717, 1.165) is 185 Å². The molecule has 0 saturated carbocycles. The predicted molar refractivity (Wildman–Crippen MR) is 588 cm³/mol. The maximum Gasteiger partial charge on any atom is 0.226 e. The number of amides is 6. The van der Waals surface area contributed by atoms with Crippen LogP contribution in [0.25, 0.3) is 67.3 Å². The standard InChI is InChI=1S/C20H23N3O2.C19H19N5O.C19H22N2O3S.C19H20N2O.C18H21N3O3S.C18H21N3O/c1-14-12-19(24)22-18-7-3-6-17(20(18)21-14)15-4-2-5-16(13-15)23-8-10-25-11-9-23;1-11-8-18(25)24-17-5-3-4-13(19(17)23-11)12-6-7-16(22-2)14(9-12)15(21)10-20;1-13-11-18(22)21-17-8-4-7-16(19(17)20-13)15-6-3-5-14(12-15)9-10-25(2,23)24;1-13(11-15-7-4-3-5-8-15)16-9-6-10-17-19(16)20-14(2)12-18(22)21-17;1-12-10-17(22)21-16-5-3-4-15(18(16)20-12)14-8-6-13(7-9-14)11-19-25(2,23)24;1-12-10-17(22)20-16-9-5-8-15(18(16)19-12)13-6-4-7-14(11-13)21(2)3/h2-7,13-14,21H,8-12H2,1H3,(H,22,24);3-7,9,11,21-23H,8H2,1-2H3,(H,24,25);3-8,12-13,20H,9-11H2,1-2H3,(H,21,22);3-11,14,20H,12H2,1-2H3,(H,21,22);3-9,12,19-20H,10-11H2,1-2H3,(H,21,22);4-9,11-12,19H,10H2,1-3H3,(H,20,22)/b;;;13-11+;;/t14-;11-;13-;14-;2*12-/m111111/s1. The van der Waals surface area contributed by atoms with Gasteiger partial charge in [0, 0.05) is 178 Å². The number of nitriles is 1. The number of allylic oxidation sites excluding steroid dienone is 1. The smallest absolute Gasteiger partial charge is 0.226 e. The molecule has 6 amide bonds. The van der Waals surface area contributed by atoms with E-state index in [-0.39, 0.29) is 89.7 Å². The molecule has 7 aliphatic rings. The van der Waals surface area contributed by atoms with Gasteiger partial charge in [0.2, 0.25) is 45.5 Å². The average molecular weight is 1980 g/mol. The Bertz CT molecular complexity index is 7070. The monoisotopic (exact) mass is 1970 g/mol. The van der Waals surface area contributed by atoms with Crippen LogP contribution in [-0.4, -0.2) is 160 Å². The first-order valence-corrected chi connectivity index (χ1v) is 52.2. The summed E-state index contributed by atoms with van der Waals surface area (Å²) in [6.45, 7) is 17.8. The van der Waals surface area contributed by atoms with Gasteiger partial charge in [0.25, 0.3) is 0 Å². The highest BCUT2D eigenvalue weighted by molar-refractivity contribution is 7.90. The summed E-state index contributed by atoms with van der Waals surface area (Å²) in [7, 11) is -0.378. The zero-order valence-corrected chi connectivity index (χ0v) is 84.8. The van der Waals surface area contributed by atoms with Crippen molar-refractivity contribution in [2.45, 2.75) is 136 Å². The summed E-state index contributed by atoms with van der Waals surface area (Å²) in [5.41, 5.74) is 29.6. The summed E-state index contributed by atoms with van der Waals surface area (Å²) in [6, 6.07) is 86.1. The van der Waals surface area contributed by atoms with Gasteiger partial charge in [0.1, 0.15) is 21.6 Å². The maximum absolute atomic E-state index is 12.0. The van der Waals surface area contributed by atoms with Gasteiger partial charge in [-0.15, -0.1) is 0 Å². The van der Waals surface area contributed by atoms with Crippen molar-refractivity contribution in [3.63, 3.8) is 0 Å². The summed E-state index contributed by atoms with van der Waals surface area (Å²) in [6.07, 6.45) is 7.72. The Morgan fingerprint density at radius 2 is 0.792 bits per heavy atom. The number of ether oxygens (including phenoxy) is 1. The van der Waals surface area contributed by atoms with Crippen molar-refractivity contribution >= 4 is 158 Å². The molecule has 0 radical (unpaired) electrons. The van der Waals surface area contributed by atoms with Crippen LogP contribution >= 0.6 is 0 Å². The molecule has 144 heavy (non-hydrogen) atoms. The first kappa shape index (κ1) is 104. The van der Waals surface area contributed by atoms with Gasteiger partial charge < -0.3 is 83.7 Å². The minimum atomic E-state index is -3.21. The fraction of sp³-hybridized carbons (Fsp3) is 0.274. The van der Waals surface area contributed by atoms with E-state index in [1.165, 1.54) is 23.1 Å². The zero-order valence-electron chi connectivity index (χ0n) is 83.1. The minimum Gasteiger partial charge on any atom is -0.388 e. The Kier molecular flexibility index (Phi) is 34.6. The van der Waals surface area contributed by atoms with Gasteiger partial charge in [0.15, 0.2) is 0 Å². The number of nitrogens with zero attached hydrogens (tertiary/aromatic N) is 3. The topological polar surface area (TPSA) is 402 Å². The quantitative estimate of drug-likeness (QED) is 0.0297. The van der Waals surface area contributed by atoms with Crippen LogP contribution in [0.1, 0.15) is 115 Å². The molecule has 1 fully saturated rings. The first-order chi connectivity index (χ1) is 69.0. The second-order valence-electron chi connectivity index (χ2n) is 37.4. The third-order valence-electron chi connectivity index (χ3n) is 24.9. The second kappa shape index (κ2) is 47.8. The lowest BCUT2D eigenvalue weighted by atomic mass is 9.97. The number of benzene rings is 12. The molecule has 1 saturated heterocycles. The summed E-state index contributed by atoms with van der Waals surface area (Å²) in [4.78, 5) is 76.0. The molecule has 7 aliphatic heterocycles. The van der Waals surface area contributed by atoms with Crippen LogP contribution in [0.4, 0.5) is 85.3 Å². The number of sulfone groups is 1. The Labute approximate surface area is 843 Å². The molecule has 12 aromatic rings. The van der Waals surface area contributed by atoms with E-state index in [0.29, 0.717) is 50.5 Å². The minimum absolute atomic E-state index is 0.00176. The summed E-state index contributed by atoms with van der Waals surface area (Å²) < 4.78 is 53.1. The highest BCUT2D eigenvalue weighted by Gasteiger charge is 2.29. The molecular weight excluding hydrogens is 1850 g/mol. The van der Waals surface area contributed by atoms with Crippen molar-refractivity contribution in [3.05, 3.63) is 283 Å². The molecule has 0 spiro atoms. The number of morpholine rings is 1. The number of nitrogens with one attached hydrogen (secondary N) is 15. The normalized spacial score (nSPS) is 17.6. The summed E-state index contributed by atoms with van der Waals surface area (Å²) in [5.74, 6) is 0.273. The molecule has 0 aromatic heterocycles. The van der Waals surface area contributed by atoms with Crippen molar-refractivity contribution in [1.82, 2.24) is 4.72 Å². The number of carbonyl (C=O) groups excluding carboxylic acids is 6. The van der Waals surface area contributed by atoms with Crippen molar-refractivity contribution in [2.75, 3.05) is 145 Å². The van der Waals surface area contributed by atoms with Crippen LogP contribution in [0, 0.1) is 16.7 Å². The third kappa shape index (κ3) is 28.2. The second-order valence-corrected chi connectivity index (χ2v) is 41.4. The van der Waals surface area contributed by atoms with Crippen LogP contribution < -0.4 is 83.6 Å². The molecule has 0 aliphatic carbocycles. The van der Waals surface area contributed by atoms with Crippen molar-refractivity contribution in [1.29, 1.82) is 10.7 Å². The highest BCUT2D eigenvalue weighted by Crippen LogP contribution is 2.45. The molecule has 12 aromatic carbocycles. The number of rotatable bonds is 17. The molecule has 0 bridgehead atoms. The van der Waals surface area contributed by atoms with Gasteiger partial charge in [-0.3, -0.25) is 34.2 Å². The lowest BCUT2D eigenvalue weighted by Crippen LogP contribution is -2.36. The summed E-state index contributed by atoms with van der Waals surface area (Å²) in [5, 5.41) is 58.4. The van der Waals surface area contributed by atoms with Crippen LogP contribution in [0.15, 0.2) is 255 Å². The van der Waals surface area contributed by atoms with E-state index in [2.05, 4.69) is 176 Å². The van der Waals surface area contributed by atoms with E-state index in [1.807, 2.05) is 238 Å². The van der Waals surface area contributed by atoms with Crippen molar-refractivity contribution in [2.24, 2.45) is 0 Å². The molecule has 19 rings (SSSR count). The van der Waals surface area contributed by atoms with Gasteiger partial charge >= 0.3 is 0 Å². The molecule has 7 heterocycles. The average Bonchev–Trinajstić information content (AvgIpc) is 1.39. The van der Waals surface area contributed by atoms with Gasteiger partial charge in [-0.2, -0.15) is 5.26 Å².